The van der Waals surface area contributed by atoms with E-state index in [1.807, 2.05) is 0 Å². The first-order chi connectivity index (χ1) is 8.43. The van der Waals surface area contributed by atoms with E-state index in [0.717, 1.165) is 6.07 Å². The molecule has 5 nitrogen and oxygen atoms in total. The number of halogens is 3. The van der Waals surface area contributed by atoms with E-state index in [1.165, 1.54) is 12.1 Å². The molecule has 18 heavy (non-hydrogen) atoms. The van der Waals surface area contributed by atoms with E-state index in [9.17, 15) is 23.2 Å². The molecule has 0 radical (unpaired) electrons. The van der Waals surface area contributed by atoms with Gasteiger partial charge in [-0.15, -0.1) is 0 Å². The van der Waals surface area contributed by atoms with Crippen molar-refractivity contribution in [1.29, 1.82) is 0 Å². The monoisotopic (exact) mass is 366 g/mol. The first kappa shape index (κ1) is 12.9. The summed E-state index contributed by atoms with van der Waals surface area (Å²) in [5.41, 5.74) is -0.103. The molecular formula is C10H5F2IN2O3. The van der Waals surface area contributed by atoms with Crippen LogP contribution in [0, 0.1) is 9.39 Å². The van der Waals surface area contributed by atoms with Gasteiger partial charge < -0.3 is 0 Å². The predicted octanol–water partition coefficient (Wildman–Crippen LogP) is 1.35. The molecule has 2 rings (SSSR count). The largest absolute Gasteiger partial charge is 0.335 e. The number of anilines is 1. The Morgan fingerprint density at radius 1 is 1.28 bits per heavy atom. The summed E-state index contributed by atoms with van der Waals surface area (Å²) >= 11 is 1.58. The molecule has 0 spiro atoms. The summed E-state index contributed by atoms with van der Waals surface area (Å²) in [4.78, 5) is 34.4. The molecule has 94 valence electrons. The number of hydrogen-bond donors (Lipinski definition) is 1. The Bertz CT molecular complexity index is 564. The molecule has 4 amide bonds. The molecule has 1 heterocycles. The van der Waals surface area contributed by atoms with Gasteiger partial charge in [0.1, 0.15) is 5.82 Å². The van der Waals surface area contributed by atoms with Gasteiger partial charge in [0.25, 0.3) is 18.0 Å². The molecular weight excluding hydrogens is 361 g/mol. The molecule has 1 unspecified atom stereocenters. The van der Waals surface area contributed by atoms with Gasteiger partial charge in [-0.05, 0) is 34.7 Å². The van der Waals surface area contributed by atoms with E-state index in [0.29, 0.717) is 4.90 Å². The van der Waals surface area contributed by atoms with Gasteiger partial charge in [-0.1, -0.05) is 6.07 Å². The van der Waals surface area contributed by atoms with E-state index in [-0.39, 0.29) is 9.26 Å². The Kier molecular flexibility index (Phi) is 3.28. The van der Waals surface area contributed by atoms with Crippen molar-refractivity contribution in [3.63, 3.8) is 0 Å². The van der Waals surface area contributed by atoms with Crippen molar-refractivity contribution >= 4 is 46.1 Å². The highest BCUT2D eigenvalue weighted by Gasteiger charge is 2.42. The second-order valence-corrected chi connectivity index (χ2v) is 4.48. The highest BCUT2D eigenvalue weighted by Crippen LogP contribution is 2.27. The standard InChI is InChI=1S/C10H5F2IN2O3/c11-4-2-1-3-5(7(4)13)15-9(17)6(12)8(16)14-10(15)18/h1-3,6H,(H,14,16,18). The maximum absolute atomic E-state index is 13.3. The molecule has 1 N–H and O–H groups in total. The number of imide groups is 2. The predicted molar refractivity (Wildman–Crippen MR) is 65.0 cm³/mol. The Labute approximate surface area is 113 Å². The molecule has 0 aromatic heterocycles. The number of benzene rings is 1. The van der Waals surface area contributed by atoms with Crippen molar-refractivity contribution in [3.05, 3.63) is 27.6 Å². The van der Waals surface area contributed by atoms with Crippen molar-refractivity contribution < 1.29 is 23.2 Å². The number of nitrogens with one attached hydrogen (secondary N) is 1. The molecule has 1 aromatic carbocycles. The fourth-order valence-electron chi connectivity index (χ4n) is 1.44. The van der Waals surface area contributed by atoms with E-state index >= 15 is 0 Å². The molecule has 1 atom stereocenters. The van der Waals surface area contributed by atoms with Gasteiger partial charge in [-0.2, -0.15) is 0 Å². The second kappa shape index (κ2) is 4.59. The van der Waals surface area contributed by atoms with E-state index in [2.05, 4.69) is 0 Å². The van der Waals surface area contributed by atoms with E-state index < -0.39 is 29.8 Å². The molecule has 0 bridgehead atoms. The Hall–Kier alpha value is -1.58. The Morgan fingerprint density at radius 2 is 1.94 bits per heavy atom. The van der Waals surface area contributed by atoms with Crippen LogP contribution in [0.5, 0.6) is 0 Å². The Balaban J connectivity index is 2.49. The molecule has 1 fully saturated rings. The lowest BCUT2D eigenvalue weighted by atomic mass is 10.2. The van der Waals surface area contributed by atoms with E-state index in [1.54, 1.807) is 27.9 Å². The second-order valence-electron chi connectivity index (χ2n) is 3.40. The molecule has 1 aliphatic heterocycles. The van der Waals surface area contributed by atoms with Crippen molar-refractivity contribution in [3.8, 4) is 0 Å². The van der Waals surface area contributed by atoms with Crippen LogP contribution in [-0.2, 0) is 9.59 Å². The topological polar surface area (TPSA) is 66.5 Å². The average Bonchev–Trinajstić information content (AvgIpc) is 2.32. The minimum atomic E-state index is -2.47. The SMILES string of the molecule is O=C1NC(=O)N(c2cccc(F)c2I)C(=O)C1F. The van der Waals surface area contributed by atoms with Gasteiger partial charge >= 0.3 is 6.03 Å². The molecule has 1 aliphatic rings. The summed E-state index contributed by atoms with van der Waals surface area (Å²) in [6.07, 6.45) is -2.47. The van der Waals surface area contributed by atoms with Crippen molar-refractivity contribution in [2.24, 2.45) is 0 Å². The average molecular weight is 366 g/mol. The van der Waals surface area contributed by atoms with Crippen molar-refractivity contribution in [1.82, 2.24) is 5.32 Å². The zero-order valence-electron chi connectivity index (χ0n) is 8.62. The maximum Gasteiger partial charge on any atom is 0.335 e. The number of hydrogen-bond acceptors (Lipinski definition) is 3. The molecule has 1 aromatic rings. The third kappa shape index (κ3) is 1.96. The van der Waals surface area contributed by atoms with Crippen molar-refractivity contribution in [2.45, 2.75) is 6.17 Å². The summed E-state index contributed by atoms with van der Waals surface area (Å²) in [6.45, 7) is 0. The number of barbiturate groups is 1. The van der Waals surface area contributed by atoms with Gasteiger partial charge in [-0.3, -0.25) is 14.9 Å². The number of nitrogens with zero attached hydrogens (tertiary/aromatic N) is 1. The summed E-state index contributed by atoms with van der Waals surface area (Å²) in [7, 11) is 0. The zero-order valence-corrected chi connectivity index (χ0v) is 10.8. The lowest BCUT2D eigenvalue weighted by molar-refractivity contribution is -0.135. The number of carbonyl (C=O) groups is 3. The summed E-state index contributed by atoms with van der Waals surface area (Å²) in [5, 5.41) is 1.68. The molecule has 8 heteroatoms. The fraction of sp³-hybridized carbons (Fsp3) is 0.100. The lowest BCUT2D eigenvalue weighted by Crippen LogP contribution is -2.59. The van der Waals surface area contributed by atoms with Crippen LogP contribution in [0.4, 0.5) is 19.3 Å². The highest BCUT2D eigenvalue weighted by molar-refractivity contribution is 14.1. The van der Waals surface area contributed by atoms with Crippen LogP contribution in [0.15, 0.2) is 18.2 Å². The molecule has 1 saturated heterocycles. The first-order valence-corrected chi connectivity index (χ1v) is 5.78. The highest BCUT2D eigenvalue weighted by atomic mass is 127. The maximum atomic E-state index is 13.3. The third-order valence-corrected chi connectivity index (χ3v) is 3.34. The van der Waals surface area contributed by atoms with Gasteiger partial charge in [0.15, 0.2) is 0 Å². The van der Waals surface area contributed by atoms with E-state index in [4.69, 9.17) is 0 Å². The number of urea groups is 1. The van der Waals surface area contributed by atoms with Gasteiger partial charge in [0, 0.05) is 0 Å². The number of rotatable bonds is 1. The van der Waals surface area contributed by atoms with Gasteiger partial charge in [0.05, 0.1) is 9.26 Å². The zero-order chi connectivity index (χ0) is 13.4. The van der Waals surface area contributed by atoms with Crippen LogP contribution >= 0.6 is 22.6 Å². The van der Waals surface area contributed by atoms with Crippen LogP contribution in [0.2, 0.25) is 0 Å². The first-order valence-electron chi connectivity index (χ1n) is 4.70. The number of alkyl halides is 1. The smallest absolute Gasteiger partial charge is 0.274 e. The van der Waals surface area contributed by atoms with Crippen LogP contribution in [0.1, 0.15) is 0 Å². The summed E-state index contributed by atoms with van der Waals surface area (Å²) in [6, 6.07) is 2.60. The fourth-order valence-corrected chi connectivity index (χ4v) is 2.04. The van der Waals surface area contributed by atoms with Crippen LogP contribution in [-0.4, -0.2) is 24.0 Å². The van der Waals surface area contributed by atoms with Crippen LogP contribution in [0.25, 0.3) is 0 Å². The number of carbonyl (C=O) groups excluding carboxylic acids is 3. The quantitative estimate of drug-likeness (QED) is 0.603. The van der Waals surface area contributed by atoms with Crippen LogP contribution < -0.4 is 10.2 Å². The van der Waals surface area contributed by atoms with Crippen molar-refractivity contribution in [2.75, 3.05) is 4.90 Å². The normalized spacial score (nSPS) is 20.1. The van der Waals surface area contributed by atoms with Gasteiger partial charge in [-0.25, -0.2) is 18.5 Å². The Morgan fingerprint density at radius 3 is 2.61 bits per heavy atom. The summed E-state index contributed by atoms with van der Waals surface area (Å²) in [5.74, 6) is -3.29. The molecule has 0 aliphatic carbocycles. The minimum absolute atomic E-state index is 0.0138. The minimum Gasteiger partial charge on any atom is -0.274 e. The molecule has 0 saturated carbocycles. The lowest BCUT2D eigenvalue weighted by Gasteiger charge is -2.27. The van der Waals surface area contributed by atoms with Gasteiger partial charge in [0.2, 0.25) is 0 Å². The third-order valence-electron chi connectivity index (χ3n) is 2.27. The number of amides is 4. The summed E-state index contributed by atoms with van der Waals surface area (Å²) < 4.78 is 26.6. The van der Waals surface area contributed by atoms with Crippen LogP contribution in [0.3, 0.4) is 0 Å².